The molecule has 2 heteroatoms. The average Bonchev–Trinajstić information content (AvgIpc) is 2.39. The van der Waals surface area contributed by atoms with Gasteiger partial charge in [-0.05, 0) is 38.1 Å². The van der Waals surface area contributed by atoms with Gasteiger partial charge in [0.1, 0.15) is 0 Å². The van der Waals surface area contributed by atoms with Gasteiger partial charge in [-0.15, -0.1) is 0 Å². The lowest BCUT2D eigenvalue weighted by molar-refractivity contribution is 0.00116. The molecule has 1 rings (SSSR count). The second-order valence-corrected chi connectivity index (χ2v) is 5.46. The van der Waals surface area contributed by atoms with Gasteiger partial charge < -0.3 is 10.1 Å². The fourth-order valence-electron chi connectivity index (χ4n) is 2.69. The average molecular weight is 241 g/mol. The van der Waals surface area contributed by atoms with Gasteiger partial charge in [-0.2, -0.15) is 0 Å². The smallest absolute Gasteiger partial charge is 0.0623 e. The molecule has 1 aliphatic carbocycles. The summed E-state index contributed by atoms with van der Waals surface area (Å²) in [6, 6.07) is 0.553. The van der Waals surface area contributed by atoms with Gasteiger partial charge in [0.15, 0.2) is 0 Å². The van der Waals surface area contributed by atoms with E-state index in [4.69, 9.17) is 4.74 Å². The minimum absolute atomic E-state index is 0.533. The molecule has 1 fully saturated rings. The summed E-state index contributed by atoms with van der Waals surface area (Å²) >= 11 is 0. The fraction of sp³-hybridized carbons (Fsp3) is 1.00. The second kappa shape index (κ2) is 8.93. The van der Waals surface area contributed by atoms with E-state index in [1.165, 1.54) is 44.9 Å². The first-order chi connectivity index (χ1) is 8.30. The lowest BCUT2D eigenvalue weighted by Gasteiger charge is -2.30. The molecular weight excluding hydrogens is 210 g/mol. The Morgan fingerprint density at radius 2 is 2.06 bits per heavy atom. The summed E-state index contributed by atoms with van der Waals surface area (Å²) in [5.74, 6) is 0.914. The van der Waals surface area contributed by atoms with Crippen LogP contribution in [0.1, 0.15) is 65.7 Å². The molecule has 17 heavy (non-hydrogen) atoms. The zero-order valence-electron chi connectivity index (χ0n) is 12.0. The van der Waals surface area contributed by atoms with Crippen molar-refractivity contribution in [3.05, 3.63) is 0 Å². The summed E-state index contributed by atoms with van der Waals surface area (Å²) in [5, 5.41) is 3.56. The highest BCUT2D eigenvalue weighted by Gasteiger charge is 2.21. The van der Waals surface area contributed by atoms with Crippen molar-refractivity contribution in [2.24, 2.45) is 5.92 Å². The first-order valence-electron chi connectivity index (χ1n) is 7.65. The molecule has 3 atom stereocenters. The Labute approximate surface area is 108 Å². The number of rotatable bonds is 8. The van der Waals surface area contributed by atoms with Crippen LogP contribution < -0.4 is 5.32 Å². The molecule has 0 bridgehead atoms. The first-order valence-corrected chi connectivity index (χ1v) is 7.65. The van der Waals surface area contributed by atoms with Gasteiger partial charge in [0.05, 0.1) is 12.7 Å². The van der Waals surface area contributed by atoms with E-state index in [-0.39, 0.29) is 0 Å². The Bertz CT molecular complexity index is 184. The van der Waals surface area contributed by atoms with Crippen LogP contribution in [0, 0.1) is 5.92 Å². The molecule has 0 aromatic carbocycles. The molecule has 1 aliphatic rings. The Morgan fingerprint density at radius 3 is 2.71 bits per heavy atom. The maximum absolute atomic E-state index is 6.10. The minimum Gasteiger partial charge on any atom is -0.377 e. The molecule has 0 amide bonds. The van der Waals surface area contributed by atoms with E-state index in [0.29, 0.717) is 12.1 Å². The van der Waals surface area contributed by atoms with E-state index < -0.39 is 0 Å². The molecule has 0 heterocycles. The van der Waals surface area contributed by atoms with Crippen molar-refractivity contribution in [1.82, 2.24) is 5.32 Å². The lowest BCUT2D eigenvalue weighted by Crippen LogP contribution is -2.36. The van der Waals surface area contributed by atoms with Crippen LogP contribution >= 0.6 is 0 Å². The van der Waals surface area contributed by atoms with Gasteiger partial charge in [0, 0.05) is 6.04 Å². The highest BCUT2D eigenvalue weighted by molar-refractivity contribution is 4.74. The van der Waals surface area contributed by atoms with Crippen LogP contribution in [0.3, 0.4) is 0 Å². The van der Waals surface area contributed by atoms with Crippen molar-refractivity contribution in [1.29, 1.82) is 0 Å². The van der Waals surface area contributed by atoms with Crippen LogP contribution in [-0.4, -0.2) is 25.3 Å². The van der Waals surface area contributed by atoms with Gasteiger partial charge in [0.25, 0.3) is 0 Å². The fourth-order valence-corrected chi connectivity index (χ4v) is 2.69. The summed E-state index contributed by atoms with van der Waals surface area (Å²) in [5.41, 5.74) is 0. The van der Waals surface area contributed by atoms with Crippen molar-refractivity contribution >= 4 is 0 Å². The Kier molecular flexibility index (Phi) is 7.87. The predicted molar refractivity (Wildman–Crippen MR) is 74.4 cm³/mol. The van der Waals surface area contributed by atoms with Crippen LogP contribution in [-0.2, 0) is 4.74 Å². The lowest BCUT2D eigenvalue weighted by atomic mass is 9.85. The van der Waals surface area contributed by atoms with Gasteiger partial charge in [-0.1, -0.05) is 40.0 Å². The van der Waals surface area contributed by atoms with E-state index in [9.17, 15) is 0 Å². The Hall–Kier alpha value is -0.0800. The Morgan fingerprint density at radius 1 is 1.24 bits per heavy atom. The zero-order valence-corrected chi connectivity index (χ0v) is 12.0. The van der Waals surface area contributed by atoms with E-state index in [2.05, 4.69) is 26.1 Å². The number of ether oxygens (including phenoxy) is 1. The Balaban J connectivity index is 2.18. The van der Waals surface area contributed by atoms with Crippen molar-refractivity contribution < 1.29 is 4.74 Å². The maximum Gasteiger partial charge on any atom is 0.0623 e. The zero-order chi connectivity index (χ0) is 12.5. The van der Waals surface area contributed by atoms with Crippen molar-refractivity contribution in [2.75, 3.05) is 13.2 Å². The molecule has 3 unspecified atom stereocenters. The monoisotopic (exact) mass is 241 g/mol. The van der Waals surface area contributed by atoms with Gasteiger partial charge in [0.2, 0.25) is 0 Å². The molecule has 0 saturated heterocycles. The van der Waals surface area contributed by atoms with Crippen LogP contribution in [0.4, 0.5) is 0 Å². The third-order valence-electron chi connectivity index (χ3n) is 4.02. The quantitative estimate of drug-likeness (QED) is 0.699. The third-order valence-corrected chi connectivity index (χ3v) is 4.02. The van der Waals surface area contributed by atoms with E-state index >= 15 is 0 Å². The largest absolute Gasteiger partial charge is 0.377 e. The highest BCUT2D eigenvalue weighted by atomic mass is 16.5. The van der Waals surface area contributed by atoms with Gasteiger partial charge in [-0.3, -0.25) is 0 Å². The number of hydrogen-bond donors (Lipinski definition) is 1. The summed E-state index contributed by atoms with van der Waals surface area (Å²) in [7, 11) is 0. The van der Waals surface area contributed by atoms with Crippen molar-refractivity contribution in [2.45, 2.75) is 77.9 Å². The van der Waals surface area contributed by atoms with Crippen molar-refractivity contribution in [3.63, 3.8) is 0 Å². The standard InChI is InChI=1S/C15H31NO/c1-4-10-16-14(6-3)12-17-15-9-7-8-13(5-2)11-15/h13-16H,4-12H2,1-3H3. The molecule has 0 aromatic rings. The first kappa shape index (κ1) is 15.0. The third kappa shape index (κ3) is 5.87. The van der Waals surface area contributed by atoms with Gasteiger partial charge >= 0.3 is 0 Å². The summed E-state index contributed by atoms with van der Waals surface area (Å²) < 4.78 is 6.10. The molecule has 0 radical (unpaired) electrons. The van der Waals surface area contributed by atoms with Gasteiger partial charge in [-0.25, -0.2) is 0 Å². The minimum atomic E-state index is 0.533. The highest BCUT2D eigenvalue weighted by Crippen LogP contribution is 2.28. The molecular formula is C15H31NO. The molecule has 2 nitrogen and oxygen atoms in total. The second-order valence-electron chi connectivity index (χ2n) is 5.46. The van der Waals surface area contributed by atoms with E-state index in [1.54, 1.807) is 0 Å². The SMILES string of the molecule is CCCNC(CC)COC1CCCC(CC)C1. The summed E-state index contributed by atoms with van der Waals surface area (Å²) in [6.07, 6.45) is 9.59. The molecule has 0 aromatic heterocycles. The van der Waals surface area contributed by atoms with Crippen LogP contribution in [0.5, 0.6) is 0 Å². The summed E-state index contributed by atoms with van der Waals surface area (Å²) in [4.78, 5) is 0. The van der Waals surface area contributed by atoms with Crippen LogP contribution in [0.15, 0.2) is 0 Å². The predicted octanol–water partition coefficient (Wildman–Crippen LogP) is 3.75. The normalized spacial score (nSPS) is 27.0. The van der Waals surface area contributed by atoms with Crippen LogP contribution in [0.25, 0.3) is 0 Å². The maximum atomic E-state index is 6.10. The summed E-state index contributed by atoms with van der Waals surface area (Å²) in [6.45, 7) is 8.78. The van der Waals surface area contributed by atoms with E-state index in [1.807, 2.05) is 0 Å². The topological polar surface area (TPSA) is 21.3 Å². The number of nitrogens with one attached hydrogen (secondary N) is 1. The molecule has 0 aliphatic heterocycles. The van der Waals surface area contributed by atoms with Crippen molar-refractivity contribution in [3.8, 4) is 0 Å². The molecule has 0 spiro atoms. The molecule has 1 saturated carbocycles. The molecule has 102 valence electrons. The number of hydrogen-bond acceptors (Lipinski definition) is 2. The molecule has 1 N–H and O–H groups in total. The van der Waals surface area contributed by atoms with Crippen LogP contribution in [0.2, 0.25) is 0 Å². The van der Waals surface area contributed by atoms with E-state index in [0.717, 1.165) is 19.1 Å².